The topological polar surface area (TPSA) is 26.3 Å². The van der Waals surface area contributed by atoms with Crippen LogP contribution in [-0.4, -0.2) is 13.1 Å². The van der Waals surface area contributed by atoms with Crippen molar-refractivity contribution in [2.24, 2.45) is 0 Å². The molecule has 0 fully saturated rings. The molecule has 0 saturated heterocycles. The summed E-state index contributed by atoms with van der Waals surface area (Å²) in [5.74, 6) is -0.344. The molecule has 0 aliphatic carbocycles. The monoisotopic (exact) mass is 240 g/mol. The zero-order chi connectivity index (χ0) is 9.68. The Hall–Kier alpha value is -1.09. The Kier molecular flexibility index (Phi) is 3.71. The maximum absolute atomic E-state index is 11.2. The van der Waals surface area contributed by atoms with Crippen molar-refractivity contribution >= 4 is 27.5 Å². The molecule has 0 amide bonds. The Morgan fingerprint density at radius 3 is 2.46 bits per heavy atom. The first-order valence-corrected chi connectivity index (χ1v) is 4.65. The molecule has 2 nitrogen and oxygen atoms in total. The third kappa shape index (κ3) is 2.42. The quantitative estimate of drug-likeness (QED) is 0.587. The first kappa shape index (κ1) is 9.99. The number of benzene rings is 1. The van der Waals surface area contributed by atoms with Crippen molar-refractivity contribution in [3.05, 3.63) is 40.9 Å². The van der Waals surface area contributed by atoms with Crippen molar-refractivity contribution in [3.8, 4) is 0 Å². The maximum Gasteiger partial charge on any atom is 0.338 e. The van der Waals surface area contributed by atoms with Crippen molar-refractivity contribution in [2.45, 2.75) is 0 Å². The van der Waals surface area contributed by atoms with Gasteiger partial charge in [-0.05, 0) is 10.5 Å². The van der Waals surface area contributed by atoms with E-state index in [1.807, 2.05) is 30.3 Å². The highest BCUT2D eigenvalue weighted by molar-refractivity contribution is 9.11. The summed E-state index contributed by atoms with van der Waals surface area (Å²) < 4.78 is 4.62. The largest absolute Gasteiger partial charge is 0.465 e. The van der Waals surface area contributed by atoms with Gasteiger partial charge in [0.15, 0.2) is 0 Å². The smallest absolute Gasteiger partial charge is 0.338 e. The lowest BCUT2D eigenvalue weighted by Crippen LogP contribution is -2.02. The van der Waals surface area contributed by atoms with E-state index < -0.39 is 0 Å². The van der Waals surface area contributed by atoms with Gasteiger partial charge in [-0.3, -0.25) is 0 Å². The Morgan fingerprint density at radius 2 is 2.00 bits per heavy atom. The van der Waals surface area contributed by atoms with Crippen molar-refractivity contribution in [2.75, 3.05) is 7.11 Å². The highest BCUT2D eigenvalue weighted by Gasteiger charge is 2.10. The van der Waals surface area contributed by atoms with Gasteiger partial charge in [0.05, 0.1) is 12.7 Å². The molecule has 0 bridgehead atoms. The zero-order valence-corrected chi connectivity index (χ0v) is 8.74. The van der Waals surface area contributed by atoms with E-state index in [1.54, 1.807) is 4.99 Å². The van der Waals surface area contributed by atoms with Crippen LogP contribution in [0.5, 0.6) is 0 Å². The highest BCUT2D eigenvalue weighted by atomic mass is 79.9. The third-order valence-electron chi connectivity index (χ3n) is 1.60. The molecule has 0 aromatic heterocycles. The van der Waals surface area contributed by atoms with E-state index in [-0.39, 0.29) is 5.97 Å². The van der Waals surface area contributed by atoms with E-state index in [0.29, 0.717) is 5.57 Å². The van der Waals surface area contributed by atoms with E-state index >= 15 is 0 Å². The van der Waals surface area contributed by atoms with Crippen LogP contribution in [-0.2, 0) is 9.53 Å². The van der Waals surface area contributed by atoms with Gasteiger partial charge in [-0.15, -0.1) is 0 Å². The SMILES string of the molecule is COC(=O)C(=CBr)c1ccccc1. The zero-order valence-electron chi connectivity index (χ0n) is 7.16. The third-order valence-corrected chi connectivity index (χ3v) is 2.06. The molecule has 3 heteroatoms. The Labute approximate surface area is 85.3 Å². The molecular formula is C10H9BrO2. The second-order valence-electron chi connectivity index (χ2n) is 2.38. The molecule has 68 valence electrons. The summed E-state index contributed by atoms with van der Waals surface area (Å²) in [6, 6.07) is 9.34. The van der Waals surface area contributed by atoms with Crippen LogP contribution in [0.3, 0.4) is 0 Å². The lowest BCUT2D eigenvalue weighted by atomic mass is 10.1. The molecule has 0 saturated carbocycles. The summed E-state index contributed by atoms with van der Waals surface area (Å²) >= 11 is 3.13. The Balaban J connectivity index is 3.00. The van der Waals surface area contributed by atoms with Crippen LogP contribution in [0.25, 0.3) is 5.57 Å². The molecule has 0 atom stereocenters. The number of halogens is 1. The summed E-state index contributed by atoms with van der Waals surface area (Å²) in [6.07, 6.45) is 0. The van der Waals surface area contributed by atoms with Gasteiger partial charge in [-0.1, -0.05) is 46.3 Å². The van der Waals surface area contributed by atoms with Gasteiger partial charge in [0.2, 0.25) is 0 Å². The fourth-order valence-corrected chi connectivity index (χ4v) is 1.40. The second-order valence-corrected chi connectivity index (χ2v) is 2.84. The van der Waals surface area contributed by atoms with Crippen LogP contribution < -0.4 is 0 Å². The fraction of sp³-hybridized carbons (Fsp3) is 0.100. The first-order chi connectivity index (χ1) is 6.29. The van der Waals surface area contributed by atoms with Crippen LogP contribution in [0.2, 0.25) is 0 Å². The number of esters is 1. The van der Waals surface area contributed by atoms with Crippen LogP contribution >= 0.6 is 15.9 Å². The lowest BCUT2D eigenvalue weighted by molar-refractivity contribution is -0.133. The molecule has 0 N–H and O–H groups in total. The predicted octanol–water partition coefficient (Wildman–Crippen LogP) is 2.60. The molecular weight excluding hydrogens is 232 g/mol. The number of ether oxygens (including phenoxy) is 1. The molecule has 1 rings (SSSR count). The minimum Gasteiger partial charge on any atom is -0.465 e. The fourth-order valence-electron chi connectivity index (χ4n) is 0.953. The van der Waals surface area contributed by atoms with E-state index in [1.165, 1.54) is 7.11 Å². The predicted molar refractivity (Wildman–Crippen MR) is 55.4 cm³/mol. The lowest BCUT2D eigenvalue weighted by Gasteiger charge is -2.03. The Morgan fingerprint density at radius 1 is 1.38 bits per heavy atom. The van der Waals surface area contributed by atoms with Gasteiger partial charge in [0, 0.05) is 0 Å². The molecule has 0 aliphatic rings. The molecule has 0 radical (unpaired) electrons. The van der Waals surface area contributed by atoms with E-state index in [9.17, 15) is 4.79 Å². The first-order valence-electron chi connectivity index (χ1n) is 3.73. The summed E-state index contributed by atoms with van der Waals surface area (Å²) in [7, 11) is 1.36. The van der Waals surface area contributed by atoms with E-state index in [4.69, 9.17) is 0 Å². The molecule has 13 heavy (non-hydrogen) atoms. The summed E-state index contributed by atoms with van der Waals surface area (Å²) in [4.78, 5) is 12.8. The van der Waals surface area contributed by atoms with Crippen molar-refractivity contribution in [1.29, 1.82) is 0 Å². The molecule has 1 aromatic carbocycles. The summed E-state index contributed by atoms with van der Waals surface area (Å²) in [5.41, 5.74) is 1.36. The molecule has 0 spiro atoms. The summed E-state index contributed by atoms with van der Waals surface area (Å²) in [6.45, 7) is 0. The van der Waals surface area contributed by atoms with Gasteiger partial charge in [-0.2, -0.15) is 0 Å². The molecule has 0 aliphatic heterocycles. The maximum atomic E-state index is 11.2. The van der Waals surface area contributed by atoms with Crippen LogP contribution in [0, 0.1) is 0 Å². The van der Waals surface area contributed by atoms with Gasteiger partial charge < -0.3 is 4.74 Å². The van der Waals surface area contributed by atoms with Crippen molar-refractivity contribution < 1.29 is 9.53 Å². The normalized spacial score (nSPS) is 11.1. The highest BCUT2D eigenvalue weighted by Crippen LogP contribution is 2.16. The summed E-state index contributed by atoms with van der Waals surface area (Å²) in [5, 5.41) is 0. The number of hydrogen-bond acceptors (Lipinski definition) is 2. The number of hydrogen-bond donors (Lipinski definition) is 0. The molecule has 0 heterocycles. The van der Waals surface area contributed by atoms with Gasteiger partial charge in [0.1, 0.15) is 0 Å². The van der Waals surface area contributed by atoms with Crippen LogP contribution in [0.4, 0.5) is 0 Å². The number of rotatable bonds is 2. The Bertz CT molecular complexity index is 317. The average molecular weight is 241 g/mol. The van der Waals surface area contributed by atoms with E-state index in [2.05, 4.69) is 20.7 Å². The van der Waals surface area contributed by atoms with Crippen molar-refractivity contribution in [3.63, 3.8) is 0 Å². The number of carbonyl (C=O) groups is 1. The minimum absolute atomic E-state index is 0.344. The molecule has 0 unspecified atom stereocenters. The molecule has 1 aromatic rings. The van der Waals surface area contributed by atoms with Crippen LogP contribution in [0.1, 0.15) is 5.56 Å². The van der Waals surface area contributed by atoms with Gasteiger partial charge >= 0.3 is 5.97 Å². The van der Waals surface area contributed by atoms with Crippen LogP contribution in [0.15, 0.2) is 35.3 Å². The van der Waals surface area contributed by atoms with Crippen molar-refractivity contribution in [1.82, 2.24) is 0 Å². The van der Waals surface area contributed by atoms with E-state index in [0.717, 1.165) is 5.56 Å². The minimum atomic E-state index is -0.344. The average Bonchev–Trinajstić information content (AvgIpc) is 2.20. The second kappa shape index (κ2) is 4.82. The standard InChI is InChI=1S/C10H9BrO2/c1-13-10(12)9(7-11)8-5-3-2-4-6-8/h2-7H,1H3. The number of carbonyl (C=O) groups excluding carboxylic acids is 1. The van der Waals surface area contributed by atoms with Gasteiger partial charge in [0.25, 0.3) is 0 Å². The van der Waals surface area contributed by atoms with Gasteiger partial charge in [-0.25, -0.2) is 4.79 Å². The number of methoxy groups -OCH3 is 1.